The predicted octanol–water partition coefficient (Wildman–Crippen LogP) is 1.90. The summed E-state index contributed by atoms with van der Waals surface area (Å²) in [6, 6.07) is 7.32. The number of Topliss-reactive ketones (excluding diaryl/α,β-unsaturated/α-hetero) is 2. The lowest BCUT2D eigenvalue weighted by Crippen LogP contribution is -2.16. The normalized spacial score (nSPS) is 10.1. The fourth-order valence-corrected chi connectivity index (χ4v) is 1.72. The van der Waals surface area contributed by atoms with Crippen LogP contribution < -0.4 is 0 Å². The van der Waals surface area contributed by atoms with Gasteiger partial charge in [-0.15, -0.1) is 0 Å². The molecule has 1 N–H and O–H groups in total. The minimum absolute atomic E-state index is 0.0615. The Morgan fingerprint density at radius 2 is 1.88 bits per heavy atom. The molecule has 4 heteroatoms. The SMILES string of the molecule is O=C(CCCO)C(=O)Cc1ccccc1Br. The highest BCUT2D eigenvalue weighted by molar-refractivity contribution is 9.10. The summed E-state index contributed by atoms with van der Waals surface area (Å²) < 4.78 is 0.832. The zero-order valence-corrected chi connectivity index (χ0v) is 10.4. The first-order valence-corrected chi connectivity index (χ1v) is 5.84. The number of carbonyl (C=O) groups is 2. The van der Waals surface area contributed by atoms with Crippen molar-refractivity contribution in [2.75, 3.05) is 6.61 Å². The van der Waals surface area contributed by atoms with Gasteiger partial charge in [0.15, 0.2) is 5.78 Å². The molecular formula is C12H13BrO3. The van der Waals surface area contributed by atoms with Gasteiger partial charge in [0.1, 0.15) is 0 Å². The van der Waals surface area contributed by atoms with Crippen molar-refractivity contribution >= 4 is 27.5 Å². The molecule has 0 aliphatic heterocycles. The second-order valence-corrected chi connectivity index (χ2v) is 4.30. The standard InChI is InChI=1S/C12H13BrO3/c13-10-5-2-1-4-9(10)8-12(16)11(15)6-3-7-14/h1-2,4-5,14H,3,6-8H2. The topological polar surface area (TPSA) is 54.4 Å². The molecule has 1 rings (SSSR count). The van der Waals surface area contributed by atoms with Crippen molar-refractivity contribution in [1.29, 1.82) is 0 Å². The molecule has 0 amide bonds. The summed E-state index contributed by atoms with van der Waals surface area (Å²) in [6.45, 7) is -0.0615. The molecule has 1 aromatic carbocycles. The Morgan fingerprint density at radius 3 is 2.50 bits per heavy atom. The molecule has 3 nitrogen and oxygen atoms in total. The van der Waals surface area contributed by atoms with Gasteiger partial charge >= 0.3 is 0 Å². The lowest BCUT2D eigenvalue weighted by Gasteiger charge is -2.02. The summed E-state index contributed by atoms with van der Waals surface area (Å²) in [7, 11) is 0. The summed E-state index contributed by atoms with van der Waals surface area (Å²) >= 11 is 3.32. The Hall–Kier alpha value is -1.000. The molecule has 0 saturated carbocycles. The maximum absolute atomic E-state index is 11.5. The summed E-state index contributed by atoms with van der Waals surface area (Å²) in [5.74, 6) is -0.815. The van der Waals surface area contributed by atoms with Crippen molar-refractivity contribution in [3.05, 3.63) is 34.3 Å². The van der Waals surface area contributed by atoms with Crippen LogP contribution in [0.25, 0.3) is 0 Å². The highest BCUT2D eigenvalue weighted by Crippen LogP contribution is 2.16. The molecule has 0 bridgehead atoms. The number of carbonyl (C=O) groups excluding carboxylic acids is 2. The van der Waals surface area contributed by atoms with Crippen LogP contribution in [0.3, 0.4) is 0 Å². The Morgan fingerprint density at radius 1 is 1.19 bits per heavy atom. The second kappa shape index (κ2) is 6.55. The molecule has 0 spiro atoms. The fourth-order valence-electron chi connectivity index (χ4n) is 1.29. The van der Waals surface area contributed by atoms with Crippen molar-refractivity contribution < 1.29 is 14.7 Å². The number of benzene rings is 1. The molecule has 0 fully saturated rings. The average Bonchev–Trinajstić information content (AvgIpc) is 2.28. The number of aliphatic hydroxyl groups excluding tert-OH is 1. The number of ketones is 2. The molecule has 0 saturated heterocycles. The first-order chi connectivity index (χ1) is 7.65. The van der Waals surface area contributed by atoms with Gasteiger partial charge in [-0.25, -0.2) is 0 Å². The van der Waals surface area contributed by atoms with E-state index in [0.717, 1.165) is 10.0 Å². The number of hydrogen-bond acceptors (Lipinski definition) is 3. The molecule has 86 valence electrons. The van der Waals surface area contributed by atoms with Crippen LogP contribution in [-0.4, -0.2) is 23.3 Å². The third kappa shape index (κ3) is 3.87. The fraction of sp³-hybridized carbons (Fsp3) is 0.333. The van der Waals surface area contributed by atoms with Crippen LogP contribution in [0.4, 0.5) is 0 Å². The molecule has 0 radical (unpaired) electrons. The van der Waals surface area contributed by atoms with Crippen LogP contribution in [0.15, 0.2) is 28.7 Å². The summed E-state index contributed by atoms with van der Waals surface area (Å²) in [5, 5.41) is 8.56. The van der Waals surface area contributed by atoms with E-state index in [1.54, 1.807) is 6.07 Å². The number of rotatable bonds is 6. The molecule has 1 aromatic rings. The highest BCUT2D eigenvalue weighted by atomic mass is 79.9. The molecule has 0 aliphatic rings. The lowest BCUT2D eigenvalue weighted by atomic mass is 10.0. The van der Waals surface area contributed by atoms with Gasteiger partial charge in [-0.3, -0.25) is 9.59 Å². The summed E-state index contributed by atoms with van der Waals surface area (Å²) in [6.07, 6.45) is 0.589. The van der Waals surface area contributed by atoms with Crippen LogP contribution >= 0.6 is 15.9 Å². The van der Waals surface area contributed by atoms with E-state index < -0.39 is 11.6 Å². The Balaban J connectivity index is 2.58. The van der Waals surface area contributed by atoms with Gasteiger partial charge in [-0.1, -0.05) is 34.1 Å². The summed E-state index contributed by atoms with van der Waals surface area (Å²) in [5.41, 5.74) is 0.810. The van der Waals surface area contributed by atoms with E-state index in [9.17, 15) is 9.59 Å². The zero-order valence-electron chi connectivity index (χ0n) is 8.78. The number of halogens is 1. The van der Waals surface area contributed by atoms with Crippen LogP contribution in [0, 0.1) is 0 Å². The highest BCUT2D eigenvalue weighted by Gasteiger charge is 2.14. The monoisotopic (exact) mass is 284 g/mol. The Kier molecular flexibility index (Phi) is 5.35. The Bertz CT molecular complexity index is 388. The third-order valence-electron chi connectivity index (χ3n) is 2.18. The Labute approximate surface area is 103 Å². The van der Waals surface area contributed by atoms with E-state index >= 15 is 0 Å². The molecular weight excluding hydrogens is 272 g/mol. The second-order valence-electron chi connectivity index (χ2n) is 3.44. The van der Waals surface area contributed by atoms with Gasteiger partial charge in [-0.2, -0.15) is 0 Å². The van der Waals surface area contributed by atoms with Gasteiger partial charge in [0.25, 0.3) is 0 Å². The van der Waals surface area contributed by atoms with Gasteiger partial charge < -0.3 is 5.11 Å². The first-order valence-electron chi connectivity index (χ1n) is 5.05. The van der Waals surface area contributed by atoms with Crippen molar-refractivity contribution in [3.63, 3.8) is 0 Å². The lowest BCUT2D eigenvalue weighted by molar-refractivity contribution is -0.136. The maximum atomic E-state index is 11.5. The largest absolute Gasteiger partial charge is 0.396 e. The zero-order chi connectivity index (χ0) is 12.0. The van der Waals surface area contributed by atoms with Crippen molar-refractivity contribution in [3.8, 4) is 0 Å². The summed E-state index contributed by atoms with van der Waals surface area (Å²) in [4.78, 5) is 22.9. The van der Waals surface area contributed by atoms with E-state index in [2.05, 4.69) is 15.9 Å². The van der Waals surface area contributed by atoms with E-state index in [-0.39, 0.29) is 19.4 Å². The number of hydrogen-bond donors (Lipinski definition) is 1. The third-order valence-corrected chi connectivity index (χ3v) is 2.96. The maximum Gasteiger partial charge on any atom is 0.202 e. The van der Waals surface area contributed by atoms with Gasteiger partial charge in [0.05, 0.1) is 0 Å². The van der Waals surface area contributed by atoms with Gasteiger partial charge in [0, 0.05) is 23.9 Å². The average molecular weight is 285 g/mol. The predicted molar refractivity (Wildman–Crippen MR) is 64.2 cm³/mol. The minimum Gasteiger partial charge on any atom is -0.396 e. The minimum atomic E-state index is -0.412. The van der Waals surface area contributed by atoms with Crippen molar-refractivity contribution in [2.24, 2.45) is 0 Å². The van der Waals surface area contributed by atoms with E-state index in [1.807, 2.05) is 18.2 Å². The smallest absolute Gasteiger partial charge is 0.202 e. The van der Waals surface area contributed by atoms with Gasteiger partial charge in [0.2, 0.25) is 5.78 Å². The molecule has 0 aromatic heterocycles. The van der Waals surface area contributed by atoms with Crippen LogP contribution in [-0.2, 0) is 16.0 Å². The van der Waals surface area contributed by atoms with Crippen LogP contribution in [0.5, 0.6) is 0 Å². The molecule has 0 atom stereocenters. The molecule has 0 aliphatic carbocycles. The number of aliphatic hydroxyl groups is 1. The van der Waals surface area contributed by atoms with Crippen molar-refractivity contribution in [2.45, 2.75) is 19.3 Å². The van der Waals surface area contributed by atoms with Crippen LogP contribution in [0.2, 0.25) is 0 Å². The first kappa shape index (κ1) is 13.1. The van der Waals surface area contributed by atoms with E-state index in [1.165, 1.54) is 0 Å². The molecule has 16 heavy (non-hydrogen) atoms. The van der Waals surface area contributed by atoms with Crippen molar-refractivity contribution in [1.82, 2.24) is 0 Å². The van der Waals surface area contributed by atoms with Crippen LogP contribution in [0.1, 0.15) is 18.4 Å². The van der Waals surface area contributed by atoms with E-state index in [0.29, 0.717) is 6.42 Å². The van der Waals surface area contributed by atoms with E-state index in [4.69, 9.17) is 5.11 Å². The molecule has 0 unspecified atom stereocenters. The molecule has 0 heterocycles. The van der Waals surface area contributed by atoms with Gasteiger partial charge in [-0.05, 0) is 18.1 Å². The quantitative estimate of drug-likeness (QED) is 0.812.